The van der Waals surface area contributed by atoms with Gasteiger partial charge in [0, 0.05) is 25.8 Å². The van der Waals surface area contributed by atoms with Gasteiger partial charge in [-0.3, -0.25) is 9.59 Å². The molecule has 3 aromatic rings. The fourth-order valence-electron chi connectivity index (χ4n) is 4.65. The number of amides is 1. The maximum Gasteiger partial charge on any atom is 0.331 e. The molecular weight excluding hydrogens is 564 g/mol. The molecule has 1 N–H and O–H groups in total. The van der Waals surface area contributed by atoms with E-state index in [9.17, 15) is 14.4 Å². The van der Waals surface area contributed by atoms with Crippen LogP contribution in [-0.2, 0) is 30.2 Å². The van der Waals surface area contributed by atoms with Gasteiger partial charge in [-0.05, 0) is 51.0 Å². The molecule has 0 bridgehead atoms. The van der Waals surface area contributed by atoms with E-state index >= 15 is 0 Å². The van der Waals surface area contributed by atoms with E-state index in [1.54, 1.807) is 0 Å². The van der Waals surface area contributed by atoms with Gasteiger partial charge in [0.15, 0.2) is 23.2 Å². The van der Waals surface area contributed by atoms with Crippen LogP contribution in [0.2, 0.25) is 0 Å². The third-order valence-corrected chi connectivity index (χ3v) is 6.84. The molecule has 1 aliphatic rings. The number of pyridine rings is 1. The van der Waals surface area contributed by atoms with Crippen LogP contribution in [0.4, 0.5) is 0 Å². The number of benzene rings is 2. The van der Waals surface area contributed by atoms with Gasteiger partial charge in [-0.2, -0.15) is 0 Å². The third kappa shape index (κ3) is 11.7. The molecule has 0 saturated carbocycles. The minimum absolute atomic E-state index is 0.0204. The molecule has 2 unspecified atom stereocenters. The normalized spacial score (nSPS) is 18.2. The van der Waals surface area contributed by atoms with Crippen LogP contribution in [0.15, 0.2) is 72.9 Å². The van der Waals surface area contributed by atoms with E-state index < -0.39 is 30.7 Å². The highest BCUT2D eigenvalue weighted by molar-refractivity contribution is 5.98. The highest BCUT2D eigenvalue weighted by Gasteiger charge is 2.30. The number of carbonyl (C=O) groups excluding carboxylic acids is 3. The van der Waals surface area contributed by atoms with Crippen LogP contribution in [0.3, 0.4) is 0 Å². The summed E-state index contributed by atoms with van der Waals surface area (Å²) in [5.74, 6) is -1.40. The van der Waals surface area contributed by atoms with Crippen molar-refractivity contribution in [2.75, 3.05) is 27.1 Å². The van der Waals surface area contributed by atoms with Crippen molar-refractivity contribution < 1.29 is 38.1 Å². The smallest absolute Gasteiger partial charge is 0.331 e. The molecule has 0 radical (unpaired) electrons. The first-order valence-corrected chi connectivity index (χ1v) is 14.7. The van der Waals surface area contributed by atoms with Gasteiger partial charge in [-0.15, -0.1) is 0 Å². The summed E-state index contributed by atoms with van der Waals surface area (Å²) in [6, 6.07) is 21.0. The zero-order valence-electron chi connectivity index (χ0n) is 25.8. The fourth-order valence-corrected chi connectivity index (χ4v) is 4.65. The van der Waals surface area contributed by atoms with Crippen LogP contribution in [0.25, 0.3) is 0 Å². The van der Waals surface area contributed by atoms with Gasteiger partial charge in [0.25, 0.3) is 5.91 Å². The quantitative estimate of drug-likeness (QED) is 0.249. The minimum atomic E-state index is -1.03. The van der Waals surface area contributed by atoms with Gasteiger partial charge in [0.2, 0.25) is 6.79 Å². The maximum absolute atomic E-state index is 13.1. The predicted molar refractivity (Wildman–Crippen MR) is 164 cm³/mol. The number of rotatable bonds is 10. The summed E-state index contributed by atoms with van der Waals surface area (Å²) in [6.07, 6.45) is 4.62. The molecule has 1 aliphatic heterocycles. The Morgan fingerprint density at radius 1 is 1.02 bits per heavy atom. The average Bonchev–Trinajstić information content (AvgIpc) is 3.07. The second-order valence-corrected chi connectivity index (χ2v) is 10.5. The lowest BCUT2D eigenvalue weighted by Crippen LogP contribution is -2.45. The van der Waals surface area contributed by atoms with Gasteiger partial charge in [0.05, 0.1) is 19.8 Å². The van der Waals surface area contributed by atoms with Crippen LogP contribution in [-0.4, -0.2) is 62.1 Å². The molecule has 2 heterocycles. The monoisotopic (exact) mass is 606 g/mol. The van der Waals surface area contributed by atoms with Gasteiger partial charge in [-0.25, -0.2) is 9.78 Å². The van der Waals surface area contributed by atoms with E-state index in [4.69, 9.17) is 23.7 Å². The molecule has 2 aromatic carbocycles. The standard InChI is InChI=1S/C27H34N2O8.C7H8/c1-18-14-21(11-7-10-20-8-5-4-6-9-20)15-34-16-22(27(32)37-18)29-26(31)24-25(36-17-35-19(2)30)23(33-3)12-13-28-24;1-7-5-3-2-4-6-7/h4-6,8-9,12-13,18,21-22H,7,10-11,14-17H2,1-3H3,(H,29,31);2-6H,1H3/t18?,21?,22-;/m0./s1. The van der Waals surface area contributed by atoms with Crippen molar-refractivity contribution in [3.8, 4) is 11.5 Å². The number of ether oxygens (including phenoxy) is 5. The summed E-state index contributed by atoms with van der Waals surface area (Å²) < 4.78 is 26.9. The predicted octanol–water partition coefficient (Wildman–Crippen LogP) is 5.07. The average molecular weight is 607 g/mol. The zero-order chi connectivity index (χ0) is 31.7. The lowest BCUT2D eigenvalue weighted by atomic mass is 9.95. The summed E-state index contributed by atoms with van der Waals surface area (Å²) in [7, 11) is 1.40. The van der Waals surface area contributed by atoms with E-state index in [2.05, 4.69) is 41.5 Å². The molecule has 4 rings (SSSR count). The molecule has 44 heavy (non-hydrogen) atoms. The van der Waals surface area contributed by atoms with Crippen LogP contribution >= 0.6 is 0 Å². The van der Waals surface area contributed by atoms with Crippen LogP contribution in [0.5, 0.6) is 11.5 Å². The van der Waals surface area contributed by atoms with Gasteiger partial charge >= 0.3 is 11.9 Å². The summed E-state index contributed by atoms with van der Waals surface area (Å²) in [4.78, 5) is 41.0. The zero-order valence-corrected chi connectivity index (χ0v) is 25.8. The second kappa shape index (κ2) is 18.3. The van der Waals surface area contributed by atoms with Gasteiger partial charge < -0.3 is 29.0 Å². The molecule has 1 aromatic heterocycles. The topological polar surface area (TPSA) is 122 Å². The van der Waals surface area contributed by atoms with E-state index in [1.165, 1.54) is 37.4 Å². The van der Waals surface area contributed by atoms with Crippen molar-refractivity contribution in [1.29, 1.82) is 0 Å². The van der Waals surface area contributed by atoms with E-state index in [-0.39, 0.29) is 35.8 Å². The van der Waals surface area contributed by atoms with Crippen molar-refractivity contribution >= 4 is 17.8 Å². The maximum atomic E-state index is 13.1. The highest BCUT2D eigenvalue weighted by Crippen LogP contribution is 2.29. The van der Waals surface area contributed by atoms with Crippen LogP contribution in [0.1, 0.15) is 54.7 Å². The number of esters is 2. The molecule has 0 aliphatic carbocycles. The Morgan fingerprint density at radius 2 is 1.73 bits per heavy atom. The number of methoxy groups -OCH3 is 1. The Labute approximate surface area is 259 Å². The van der Waals surface area contributed by atoms with E-state index in [0.717, 1.165) is 19.3 Å². The lowest BCUT2D eigenvalue weighted by molar-refractivity contribution is -0.151. The van der Waals surface area contributed by atoms with Crippen molar-refractivity contribution in [2.45, 2.75) is 58.6 Å². The van der Waals surface area contributed by atoms with Crippen LogP contribution < -0.4 is 14.8 Å². The highest BCUT2D eigenvalue weighted by atomic mass is 16.7. The molecule has 10 nitrogen and oxygen atoms in total. The molecular formula is C34H42N2O8. The number of nitrogens with one attached hydrogen (secondary N) is 1. The first kappa shape index (κ1) is 34.1. The molecule has 3 atom stereocenters. The number of hydrogen-bond donors (Lipinski definition) is 1. The Kier molecular flexibility index (Phi) is 14.1. The number of carbonyl (C=O) groups is 3. The molecule has 236 valence electrons. The SMILES string of the molecule is COc1ccnc(C(=O)N[C@H]2COCC(CCCc3ccccc3)CC(C)OC2=O)c1OCOC(C)=O.Cc1ccccc1. The Hall–Kier alpha value is -4.44. The molecule has 10 heteroatoms. The Balaban J connectivity index is 0.000000662. The summed E-state index contributed by atoms with van der Waals surface area (Å²) >= 11 is 0. The first-order valence-electron chi connectivity index (χ1n) is 14.7. The fraction of sp³-hybridized carbons (Fsp3) is 0.412. The first-order chi connectivity index (χ1) is 21.3. The largest absolute Gasteiger partial charge is 0.493 e. The molecule has 0 spiro atoms. The lowest BCUT2D eigenvalue weighted by Gasteiger charge is -2.20. The number of aryl methyl sites for hydroxylation is 2. The van der Waals surface area contributed by atoms with Crippen molar-refractivity contribution in [3.63, 3.8) is 0 Å². The summed E-state index contributed by atoms with van der Waals surface area (Å²) in [5.41, 5.74) is 2.48. The summed E-state index contributed by atoms with van der Waals surface area (Å²) in [6.45, 7) is 5.14. The van der Waals surface area contributed by atoms with Crippen molar-refractivity contribution in [1.82, 2.24) is 10.3 Å². The number of nitrogens with zero attached hydrogens (tertiary/aromatic N) is 1. The summed E-state index contributed by atoms with van der Waals surface area (Å²) in [5, 5.41) is 2.63. The second-order valence-electron chi connectivity index (χ2n) is 10.5. The van der Waals surface area contributed by atoms with E-state index in [1.807, 2.05) is 43.3 Å². The molecule has 1 amide bonds. The van der Waals surface area contributed by atoms with Crippen LogP contribution in [0, 0.1) is 12.8 Å². The number of aromatic nitrogens is 1. The van der Waals surface area contributed by atoms with E-state index in [0.29, 0.717) is 13.0 Å². The third-order valence-electron chi connectivity index (χ3n) is 6.84. The number of cyclic esters (lactones) is 1. The van der Waals surface area contributed by atoms with Crippen molar-refractivity contribution in [3.05, 3.63) is 89.7 Å². The molecule has 1 saturated heterocycles. The Bertz CT molecular complexity index is 1320. The number of hydrogen-bond acceptors (Lipinski definition) is 9. The van der Waals surface area contributed by atoms with Gasteiger partial charge in [0.1, 0.15) is 0 Å². The van der Waals surface area contributed by atoms with Gasteiger partial charge in [-0.1, -0.05) is 66.2 Å². The minimum Gasteiger partial charge on any atom is -0.493 e. The van der Waals surface area contributed by atoms with Crippen molar-refractivity contribution in [2.24, 2.45) is 5.92 Å². The molecule has 1 fully saturated rings. The Morgan fingerprint density at radius 3 is 2.36 bits per heavy atom.